The van der Waals surface area contributed by atoms with Crippen molar-refractivity contribution in [2.75, 3.05) is 38.6 Å². The van der Waals surface area contributed by atoms with Crippen LogP contribution in [0.2, 0.25) is 0 Å². The van der Waals surface area contributed by atoms with Gasteiger partial charge in [0, 0.05) is 31.6 Å². The summed E-state index contributed by atoms with van der Waals surface area (Å²) < 4.78 is 32.0. The molecule has 10 nitrogen and oxygen atoms in total. The van der Waals surface area contributed by atoms with Crippen LogP contribution in [0.15, 0.2) is 41.2 Å². The maximum Gasteiger partial charge on any atom is 0.317 e. The van der Waals surface area contributed by atoms with Gasteiger partial charge in [0.05, 0.1) is 46.8 Å². The standard InChI is InChI=1S/C24H24F2N6O4/c1-27-19-6-17-18(7-20(19)36-12-21(25)26)29-22(28-17)8-16-14-4-2-3-5-15(14)24(35)32(30-16)13-9-31(10-13)11-23(33)34/h2-7,13,21,27H,8-12H2,1H3,(H,28,29)(H,33,34). The number of aromatic nitrogens is 4. The number of anilines is 1. The number of hydrogen-bond donors (Lipinski definition) is 3. The minimum Gasteiger partial charge on any atom is -0.485 e. The molecular weight excluding hydrogens is 474 g/mol. The number of benzene rings is 2. The van der Waals surface area contributed by atoms with Crippen molar-refractivity contribution in [2.45, 2.75) is 18.9 Å². The first kappa shape index (κ1) is 23.7. The van der Waals surface area contributed by atoms with Gasteiger partial charge in [0.1, 0.15) is 18.2 Å². The maximum atomic E-state index is 13.1. The molecule has 1 aliphatic rings. The maximum absolute atomic E-state index is 13.1. The summed E-state index contributed by atoms with van der Waals surface area (Å²) in [7, 11) is 1.67. The van der Waals surface area contributed by atoms with Crippen molar-refractivity contribution in [3.8, 4) is 5.75 Å². The SMILES string of the molecule is CNc1cc2[nH]c(Cc3nn(C4CN(CC(=O)O)C4)c(=O)c4ccccc34)nc2cc1OCC(F)F. The van der Waals surface area contributed by atoms with Crippen LogP contribution in [0.25, 0.3) is 21.8 Å². The molecule has 2 aromatic carbocycles. The van der Waals surface area contributed by atoms with E-state index < -0.39 is 19.0 Å². The molecule has 1 fully saturated rings. The number of fused-ring (bicyclic) bond motifs is 2. The minimum atomic E-state index is -2.60. The third kappa shape index (κ3) is 4.59. The number of imidazole rings is 1. The van der Waals surface area contributed by atoms with Gasteiger partial charge in [0.2, 0.25) is 0 Å². The van der Waals surface area contributed by atoms with Gasteiger partial charge in [0.15, 0.2) is 0 Å². The second-order valence-electron chi connectivity index (χ2n) is 8.66. The van der Waals surface area contributed by atoms with Crippen molar-refractivity contribution in [3.05, 3.63) is 58.3 Å². The highest BCUT2D eigenvalue weighted by atomic mass is 19.3. The van der Waals surface area contributed by atoms with Crippen LogP contribution < -0.4 is 15.6 Å². The number of likely N-dealkylation sites (tertiary alicyclic amines) is 1. The fourth-order valence-electron chi connectivity index (χ4n) is 4.47. The molecule has 1 saturated heterocycles. The predicted molar refractivity (Wildman–Crippen MR) is 129 cm³/mol. The van der Waals surface area contributed by atoms with Crippen LogP contribution in [0.5, 0.6) is 5.75 Å². The zero-order chi connectivity index (χ0) is 25.4. The number of ether oxygens (including phenoxy) is 1. The van der Waals surface area contributed by atoms with Crippen molar-refractivity contribution >= 4 is 33.5 Å². The van der Waals surface area contributed by atoms with E-state index in [4.69, 9.17) is 9.84 Å². The highest BCUT2D eigenvalue weighted by Crippen LogP contribution is 2.30. The lowest BCUT2D eigenvalue weighted by molar-refractivity contribution is -0.139. The molecule has 3 N–H and O–H groups in total. The summed E-state index contributed by atoms with van der Waals surface area (Å²) in [5.41, 5.74) is 2.21. The number of H-pyrrole nitrogens is 1. The Kier molecular flexibility index (Phi) is 6.27. The fourth-order valence-corrected chi connectivity index (χ4v) is 4.47. The lowest BCUT2D eigenvalue weighted by Gasteiger charge is -2.38. The van der Waals surface area contributed by atoms with Gasteiger partial charge in [-0.05, 0) is 12.1 Å². The molecule has 4 aromatic rings. The van der Waals surface area contributed by atoms with Crippen molar-refractivity contribution in [1.29, 1.82) is 0 Å². The highest BCUT2D eigenvalue weighted by Gasteiger charge is 2.31. The third-order valence-electron chi connectivity index (χ3n) is 6.15. The van der Waals surface area contributed by atoms with Gasteiger partial charge in [-0.2, -0.15) is 5.10 Å². The number of nitrogens with one attached hydrogen (secondary N) is 2. The molecule has 0 atom stereocenters. The summed E-state index contributed by atoms with van der Waals surface area (Å²) >= 11 is 0. The van der Waals surface area contributed by atoms with E-state index in [0.29, 0.717) is 58.5 Å². The van der Waals surface area contributed by atoms with Crippen LogP contribution in [0.3, 0.4) is 0 Å². The van der Waals surface area contributed by atoms with E-state index in [2.05, 4.69) is 20.4 Å². The van der Waals surface area contributed by atoms with Crippen molar-refractivity contribution in [2.24, 2.45) is 0 Å². The van der Waals surface area contributed by atoms with E-state index in [1.54, 1.807) is 36.2 Å². The Morgan fingerprint density at radius 3 is 2.72 bits per heavy atom. The lowest BCUT2D eigenvalue weighted by Crippen LogP contribution is -2.52. The second-order valence-corrected chi connectivity index (χ2v) is 8.66. The van der Waals surface area contributed by atoms with Crippen LogP contribution in [0.4, 0.5) is 14.5 Å². The second kappa shape index (κ2) is 9.53. The molecule has 5 rings (SSSR count). The number of aliphatic carboxylic acids is 1. The van der Waals surface area contributed by atoms with Crippen molar-refractivity contribution in [1.82, 2.24) is 24.6 Å². The van der Waals surface area contributed by atoms with Gasteiger partial charge >= 0.3 is 5.97 Å². The third-order valence-corrected chi connectivity index (χ3v) is 6.15. The zero-order valence-electron chi connectivity index (χ0n) is 19.4. The Bertz CT molecular complexity index is 1500. The minimum absolute atomic E-state index is 0.0811. The number of carboxylic acid groups (broad SMARTS) is 1. The number of rotatable bonds is 9. The van der Waals surface area contributed by atoms with E-state index in [9.17, 15) is 18.4 Å². The number of alkyl halides is 2. The summed E-state index contributed by atoms with van der Waals surface area (Å²) in [4.78, 5) is 33.7. The van der Waals surface area contributed by atoms with Crippen LogP contribution in [-0.2, 0) is 11.2 Å². The molecule has 0 unspecified atom stereocenters. The number of aromatic amines is 1. The van der Waals surface area contributed by atoms with Crippen LogP contribution in [0, 0.1) is 0 Å². The van der Waals surface area contributed by atoms with Crippen molar-refractivity contribution < 1.29 is 23.4 Å². The van der Waals surface area contributed by atoms with E-state index in [-0.39, 0.29) is 23.9 Å². The molecule has 12 heteroatoms. The smallest absolute Gasteiger partial charge is 0.317 e. The number of carboxylic acids is 1. The van der Waals surface area contributed by atoms with Gasteiger partial charge in [0.25, 0.3) is 12.0 Å². The largest absolute Gasteiger partial charge is 0.485 e. The topological polar surface area (TPSA) is 125 Å². The molecule has 0 saturated carbocycles. The summed E-state index contributed by atoms with van der Waals surface area (Å²) in [5, 5.41) is 17.8. The Balaban J connectivity index is 1.48. The first-order valence-electron chi connectivity index (χ1n) is 11.4. The molecule has 0 spiro atoms. The molecule has 188 valence electrons. The van der Waals surface area contributed by atoms with Gasteiger partial charge in [-0.3, -0.25) is 14.5 Å². The normalized spacial score (nSPS) is 14.4. The van der Waals surface area contributed by atoms with Crippen LogP contribution in [-0.4, -0.2) is 75.4 Å². The average Bonchev–Trinajstić information content (AvgIpc) is 3.22. The Morgan fingerprint density at radius 2 is 2.03 bits per heavy atom. The van der Waals surface area contributed by atoms with E-state index in [1.807, 2.05) is 12.1 Å². The van der Waals surface area contributed by atoms with Gasteiger partial charge in [-0.25, -0.2) is 18.4 Å². The fraction of sp³-hybridized carbons (Fsp3) is 0.333. The highest BCUT2D eigenvalue weighted by molar-refractivity contribution is 5.85. The van der Waals surface area contributed by atoms with Gasteiger partial charge < -0.3 is 20.1 Å². The predicted octanol–water partition coefficient (Wildman–Crippen LogP) is 2.49. The zero-order valence-corrected chi connectivity index (χ0v) is 19.4. The van der Waals surface area contributed by atoms with Gasteiger partial charge in [-0.15, -0.1) is 0 Å². The summed E-state index contributed by atoms with van der Waals surface area (Å²) in [6, 6.07) is 10.3. The van der Waals surface area contributed by atoms with Crippen LogP contribution >= 0.6 is 0 Å². The number of nitrogens with zero attached hydrogens (tertiary/aromatic N) is 4. The number of halogens is 2. The van der Waals surface area contributed by atoms with Crippen molar-refractivity contribution in [3.63, 3.8) is 0 Å². The average molecular weight is 498 g/mol. The number of carbonyl (C=O) groups is 1. The molecule has 0 radical (unpaired) electrons. The monoisotopic (exact) mass is 498 g/mol. The summed E-state index contributed by atoms with van der Waals surface area (Å²) in [5.74, 6) is -0.0552. The molecule has 0 bridgehead atoms. The molecule has 1 aliphatic heterocycles. The molecule has 36 heavy (non-hydrogen) atoms. The van der Waals surface area contributed by atoms with E-state index in [1.165, 1.54) is 4.68 Å². The van der Waals surface area contributed by atoms with Crippen LogP contribution in [0.1, 0.15) is 17.6 Å². The van der Waals surface area contributed by atoms with E-state index >= 15 is 0 Å². The molecule has 0 amide bonds. The molecular formula is C24H24F2N6O4. The Morgan fingerprint density at radius 1 is 1.28 bits per heavy atom. The molecule has 2 aromatic heterocycles. The summed E-state index contributed by atoms with van der Waals surface area (Å²) in [6.07, 6.45) is -2.30. The number of hydrogen-bond acceptors (Lipinski definition) is 7. The first-order valence-corrected chi connectivity index (χ1v) is 11.4. The summed E-state index contributed by atoms with van der Waals surface area (Å²) in [6.45, 7) is 0.0495. The van der Waals surface area contributed by atoms with Gasteiger partial charge in [-0.1, -0.05) is 18.2 Å². The Hall–Kier alpha value is -4.06. The molecule has 0 aliphatic carbocycles. The van der Waals surface area contributed by atoms with E-state index in [0.717, 1.165) is 0 Å². The lowest BCUT2D eigenvalue weighted by atomic mass is 10.1. The Labute approximate surface area is 203 Å². The first-order chi connectivity index (χ1) is 17.3. The molecule has 3 heterocycles. The quantitative estimate of drug-likeness (QED) is 0.322.